The topological polar surface area (TPSA) is 68.0 Å². The number of hydrogen-bond acceptors (Lipinski definition) is 7. The molecule has 3 rings (SSSR count). The van der Waals surface area contributed by atoms with E-state index in [1.54, 1.807) is 29.2 Å². The summed E-state index contributed by atoms with van der Waals surface area (Å²) in [7, 11) is 0. The Morgan fingerprint density at radius 3 is 2.88 bits per heavy atom. The lowest BCUT2D eigenvalue weighted by molar-refractivity contribution is -0.115. The Morgan fingerprint density at radius 2 is 2.15 bits per heavy atom. The van der Waals surface area contributed by atoms with Crippen LogP contribution >= 0.6 is 34.9 Å². The Balaban J connectivity index is 1.58. The molecule has 138 valence electrons. The number of aromatic nitrogens is 2. The van der Waals surface area contributed by atoms with Crippen molar-refractivity contribution in [3.05, 3.63) is 35.7 Å². The number of amides is 1. The largest absolute Gasteiger partial charge is 0.361 e. The summed E-state index contributed by atoms with van der Waals surface area (Å²) >= 11 is 5.42. The molecule has 3 aromatic rings. The van der Waals surface area contributed by atoms with E-state index in [0.29, 0.717) is 11.0 Å². The molecular formula is C18H21N3O2S3. The molecule has 26 heavy (non-hydrogen) atoms. The second-order valence-corrected chi connectivity index (χ2v) is 10.1. The van der Waals surface area contributed by atoms with Crippen molar-refractivity contribution < 1.29 is 9.32 Å². The van der Waals surface area contributed by atoms with Crippen molar-refractivity contribution in [1.82, 2.24) is 10.1 Å². The third-order valence-corrected chi connectivity index (χ3v) is 6.95. The molecule has 1 aromatic carbocycles. The molecule has 0 atom stereocenters. The average molecular weight is 408 g/mol. The standard InChI is InChI=1S/C18H21N3O2S3/c1-11(2)24-6-7-25-18-20-15-5-4-13(9-16(15)26-18)19-17(22)10-14-8-12(3)21-23-14/h4-5,8-9,11H,6-7,10H2,1-3H3,(H,19,22). The first-order valence-corrected chi connectivity index (χ1v) is 11.2. The van der Waals surface area contributed by atoms with Gasteiger partial charge >= 0.3 is 0 Å². The van der Waals surface area contributed by atoms with Crippen molar-refractivity contribution in [3.8, 4) is 0 Å². The van der Waals surface area contributed by atoms with E-state index in [1.165, 1.54) is 0 Å². The Bertz CT molecular complexity index is 889. The molecule has 0 radical (unpaired) electrons. The number of nitrogens with zero attached hydrogens (tertiary/aromatic N) is 2. The molecule has 2 aromatic heterocycles. The summed E-state index contributed by atoms with van der Waals surface area (Å²) in [6.07, 6.45) is 0.177. The van der Waals surface area contributed by atoms with Gasteiger partial charge in [-0.05, 0) is 30.4 Å². The highest BCUT2D eigenvalue weighted by Gasteiger charge is 2.10. The lowest BCUT2D eigenvalue weighted by Crippen LogP contribution is -2.13. The van der Waals surface area contributed by atoms with Crippen molar-refractivity contribution >= 4 is 56.7 Å². The van der Waals surface area contributed by atoms with E-state index < -0.39 is 0 Å². The molecular weight excluding hydrogens is 386 g/mol. The molecule has 0 saturated carbocycles. The van der Waals surface area contributed by atoms with Gasteiger partial charge in [-0.2, -0.15) is 11.8 Å². The summed E-state index contributed by atoms with van der Waals surface area (Å²) in [5.74, 6) is 2.63. The van der Waals surface area contributed by atoms with Gasteiger partial charge in [0.1, 0.15) is 5.76 Å². The van der Waals surface area contributed by atoms with Crippen LogP contribution in [-0.4, -0.2) is 32.8 Å². The first kappa shape index (κ1) is 19.3. The van der Waals surface area contributed by atoms with Crippen LogP contribution in [0.4, 0.5) is 5.69 Å². The van der Waals surface area contributed by atoms with E-state index in [2.05, 4.69) is 29.3 Å². The van der Waals surface area contributed by atoms with Gasteiger partial charge in [0.05, 0.1) is 22.3 Å². The number of nitrogens with one attached hydrogen (secondary N) is 1. The average Bonchev–Trinajstić information content (AvgIpc) is 3.16. The van der Waals surface area contributed by atoms with E-state index in [-0.39, 0.29) is 12.3 Å². The Morgan fingerprint density at radius 1 is 1.31 bits per heavy atom. The minimum atomic E-state index is -0.120. The number of hydrogen-bond donors (Lipinski definition) is 1. The van der Waals surface area contributed by atoms with Crippen molar-refractivity contribution in [1.29, 1.82) is 0 Å². The summed E-state index contributed by atoms with van der Waals surface area (Å²) in [6, 6.07) is 7.58. The fraction of sp³-hybridized carbons (Fsp3) is 0.389. The van der Waals surface area contributed by atoms with Gasteiger partial charge in [-0.25, -0.2) is 4.98 Å². The third-order valence-electron chi connectivity index (χ3n) is 3.42. The van der Waals surface area contributed by atoms with E-state index in [9.17, 15) is 4.79 Å². The number of anilines is 1. The zero-order chi connectivity index (χ0) is 18.5. The highest BCUT2D eigenvalue weighted by Crippen LogP contribution is 2.31. The number of rotatable bonds is 8. The van der Waals surface area contributed by atoms with Crippen molar-refractivity contribution in [3.63, 3.8) is 0 Å². The number of thiazole rings is 1. The molecule has 5 nitrogen and oxygen atoms in total. The van der Waals surface area contributed by atoms with Crippen LogP contribution in [-0.2, 0) is 11.2 Å². The van der Waals surface area contributed by atoms with Gasteiger partial charge in [0.15, 0.2) is 4.34 Å². The first-order chi connectivity index (χ1) is 12.5. The maximum Gasteiger partial charge on any atom is 0.232 e. The second-order valence-electron chi connectivity index (χ2n) is 6.09. The minimum Gasteiger partial charge on any atom is -0.361 e. The summed E-state index contributed by atoms with van der Waals surface area (Å²) in [4.78, 5) is 16.8. The maximum atomic E-state index is 12.1. The summed E-state index contributed by atoms with van der Waals surface area (Å²) < 4.78 is 7.24. The molecule has 0 bridgehead atoms. The fourth-order valence-corrected chi connectivity index (χ4v) is 5.34. The molecule has 1 amide bonds. The molecule has 0 saturated heterocycles. The molecule has 0 fully saturated rings. The molecule has 0 aliphatic heterocycles. The van der Waals surface area contributed by atoms with Crippen molar-refractivity contribution in [2.45, 2.75) is 36.8 Å². The molecule has 1 N–H and O–H groups in total. The van der Waals surface area contributed by atoms with Gasteiger partial charge in [0.25, 0.3) is 0 Å². The van der Waals surface area contributed by atoms with Gasteiger partial charge in [-0.1, -0.05) is 30.8 Å². The van der Waals surface area contributed by atoms with Gasteiger partial charge in [0.2, 0.25) is 5.91 Å². The van der Waals surface area contributed by atoms with Gasteiger partial charge in [-0.3, -0.25) is 4.79 Å². The molecule has 0 unspecified atom stereocenters. The normalized spacial score (nSPS) is 11.4. The van der Waals surface area contributed by atoms with E-state index in [0.717, 1.165) is 37.4 Å². The highest BCUT2D eigenvalue weighted by atomic mass is 32.2. The smallest absolute Gasteiger partial charge is 0.232 e. The van der Waals surface area contributed by atoms with Crippen LogP contribution in [0.5, 0.6) is 0 Å². The number of carbonyl (C=O) groups excluding carboxylic acids is 1. The number of fused-ring (bicyclic) bond motifs is 1. The predicted molar refractivity (Wildman–Crippen MR) is 112 cm³/mol. The number of aryl methyl sites for hydroxylation is 1. The number of carbonyl (C=O) groups is 1. The van der Waals surface area contributed by atoms with Crippen LogP contribution in [0.2, 0.25) is 0 Å². The van der Waals surface area contributed by atoms with Crippen molar-refractivity contribution in [2.75, 3.05) is 16.8 Å². The van der Waals surface area contributed by atoms with Crippen molar-refractivity contribution in [2.24, 2.45) is 0 Å². The van der Waals surface area contributed by atoms with Crippen LogP contribution < -0.4 is 5.32 Å². The first-order valence-electron chi connectivity index (χ1n) is 8.36. The maximum absolute atomic E-state index is 12.1. The Labute approximate surface area is 165 Å². The predicted octanol–water partition coefficient (Wildman–Crippen LogP) is 5.01. The lowest BCUT2D eigenvalue weighted by atomic mass is 10.2. The van der Waals surface area contributed by atoms with E-state index >= 15 is 0 Å². The Hall–Kier alpha value is -1.51. The SMILES string of the molecule is Cc1cc(CC(=O)Nc2ccc3nc(SCCSC(C)C)sc3c2)on1. The minimum absolute atomic E-state index is 0.120. The third kappa shape index (κ3) is 5.49. The molecule has 2 heterocycles. The van der Waals surface area contributed by atoms with Gasteiger partial charge in [-0.15, -0.1) is 11.3 Å². The highest BCUT2D eigenvalue weighted by molar-refractivity contribution is 8.04. The van der Waals surface area contributed by atoms with Crippen LogP contribution in [0, 0.1) is 6.92 Å². The lowest BCUT2D eigenvalue weighted by Gasteiger charge is -2.03. The van der Waals surface area contributed by atoms with Crippen LogP contribution in [0.1, 0.15) is 25.3 Å². The molecule has 0 spiro atoms. The zero-order valence-electron chi connectivity index (χ0n) is 14.9. The Kier molecular flexibility index (Phi) is 6.61. The van der Waals surface area contributed by atoms with E-state index in [1.807, 2.05) is 36.9 Å². The summed E-state index contributed by atoms with van der Waals surface area (Å²) in [5, 5.41) is 7.37. The second kappa shape index (κ2) is 8.92. The zero-order valence-corrected chi connectivity index (χ0v) is 17.4. The van der Waals surface area contributed by atoms with Crippen LogP contribution in [0.25, 0.3) is 10.2 Å². The number of benzene rings is 1. The van der Waals surface area contributed by atoms with Gasteiger partial charge in [0, 0.05) is 23.3 Å². The van der Waals surface area contributed by atoms with E-state index in [4.69, 9.17) is 4.52 Å². The van der Waals surface area contributed by atoms with Crippen LogP contribution in [0.15, 0.2) is 33.1 Å². The monoisotopic (exact) mass is 407 g/mol. The molecule has 0 aliphatic rings. The summed E-state index contributed by atoms with van der Waals surface area (Å²) in [5.41, 5.74) is 2.52. The quantitative estimate of drug-likeness (QED) is 0.418. The summed E-state index contributed by atoms with van der Waals surface area (Å²) in [6.45, 7) is 6.26. The fourth-order valence-electron chi connectivity index (χ4n) is 2.32. The molecule has 8 heteroatoms. The van der Waals surface area contributed by atoms with Crippen LogP contribution in [0.3, 0.4) is 0 Å². The number of thioether (sulfide) groups is 2. The van der Waals surface area contributed by atoms with Gasteiger partial charge < -0.3 is 9.84 Å². The molecule has 0 aliphatic carbocycles.